The first-order valence-electron chi connectivity index (χ1n) is 9.35. The molecule has 154 valence electrons. The number of aliphatic carboxylic acids is 1. The van der Waals surface area contributed by atoms with Gasteiger partial charge >= 0.3 is 5.97 Å². The van der Waals surface area contributed by atoms with Crippen LogP contribution in [0.3, 0.4) is 0 Å². The standard InChI is InChI=1S/C19H22N4O4S2/c1-8-14-13(10(3)24)17(25)23(14)15(18(26)27)16(8)29-19-21-12(6-28-19)11-4-5-22(7-20)9(11)2/h4,6-10,13-14,20,24H,5H2,1-3H3,(H,26,27)/t8-,9+,10-,13-,14?/m1/s1. The van der Waals surface area contributed by atoms with Crippen molar-refractivity contribution in [3.63, 3.8) is 0 Å². The maximum absolute atomic E-state index is 12.4. The third-order valence-electron chi connectivity index (χ3n) is 5.92. The number of hydrogen-bond donors (Lipinski definition) is 3. The molecule has 0 radical (unpaired) electrons. The zero-order chi connectivity index (χ0) is 21.0. The molecule has 0 saturated carbocycles. The number of aliphatic hydroxyl groups is 1. The fourth-order valence-electron chi connectivity index (χ4n) is 4.38. The van der Waals surface area contributed by atoms with Crippen LogP contribution in [0, 0.1) is 17.2 Å². The number of amides is 1. The molecule has 0 bridgehead atoms. The minimum atomic E-state index is -1.13. The number of β-lactam (4-membered cyclic amide) rings is 1. The molecular formula is C19H22N4O4S2. The Labute approximate surface area is 176 Å². The highest BCUT2D eigenvalue weighted by atomic mass is 32.2. The molecule has 3 aliphatic heterocycles. The summed E-state index contributed by atoms with van der Waals surface area (Å²) in [5.74, 6) is -2.22. The summed E-state index contributed by atoms with van der Waals surface area (Å²) in [6.07, 6.45) is 2.56. The van der Waals surface area contributed by atoms with Gasteiger partial charge in [-0.3, -0.25) is 10.2 Å². The number of hydrogen-bond acceptors (Lipinski definition) is 7. The second-order valence-corrected chi connectivity index (χ2v) is 9.68. The Morgan fingerprint density at radius 3 is 2.79 bits per heavy atom. The van der Waals surface area contributed by atoms with Crippen molar-refractivity contribution in [1.29, 1.82) is 5.41 Å². The van der Waals surface area contributed by atoms with Crippen molar-refractivity contribution in [1.82, 2.24) is 14.8 Å². The lowest BCUT2D eigenvalue weighted by molar-refractivity contribution is -0.163. The van der Waals surface area contributed by atoms with Gasteiger partial charge in [0.1, 0.15) is 5.70 Å². The van der Waals surface area contributed by atoms with Crippen molar-refractivity contribution in [2.45, 2.75) is 43.3 Å². The van der Waals surface area contributed by atoms with Gasteiger partial charge in [0.2, 0.25) is 5.91 Å². The molecule has 1 aromatic heterocycles. The SMILES string of the molecule is C[C@H]1C(Sc2nc(C3=CCN(C=N)[C@H]3C)cs2)=C(C(=O)O)N2C(=O)[C@H]([C@@H](C)O)C12. The van der Waals surface area contributed by atoms with Gasteiger partial charge in [-0.15, -0.1) is 11.3 Å². The molecule has 0 aliphatic carbocycles. The first-order valence-corrected chi connectivity index (χ1v) is 11.0. The number of nitrogens with zero attached hydrogens (tertiary/aromatic N) is 3. The molecule has 1 fully saturated rings. The number of aromatic nitrogens is 1. The summed E-state index contributed by atoms with van der Waals surface area (Å²) >= 11 is 2.73. The number of thiazole rings is 1. The summed E-state index contributed by atoms with van der Waals surface area (Å²) in [4.78, 5) is 32.8. The average Bonchev–Trinajstić information content (AvgIpc) is 3.32. The number of thioether (sulfide) groups is 1. The number of aliphatic hydroxyl groups excluding tert-OH is 1. The van der Waals surface area contributed by atoms with Crippen LogP contribution in [0.25, 0.3) is 5.57 Å². The van der Waals surface area contributed by atoms with Crippen molar-refractivity contribution in [3.05, 3.63) is 27.8 Å². The number of carboxylic acids is 1. The lowest BCUT2D eigenvalue weighted by Gasteiger charge is -2.46. The Kier molecular flexibility index (Phi) is 5.04. The summed E-state index contributed by atoms with van der Waals surface area (Å²) in [7, 11) is 0. The second kappa shape index (κ2) is 7.26. The van der Waals surface area contributed by atoms with Gasteiger partial charge in [0.15, 0.2) is 4.34 Å². The molecule has 29 heavy (non-hydrogen) atoms. The topological polar surface area (TPSA) is 118 Å². The lowest BCUT2D eigenvalue weighted by atomic mass is 9.79. The highest BCUT2D eigenvalue weighted by Gasteiger charge is 2.60. The minimum absolute atomic E-state index is 0.00887. The fourth-order valence-corrected chi connectivity index (χ4v) is 6.48. The monoisotopic (exact) mass is 434 g/mol. The number of rotatable bonds is 6. The molecule has 3 N–H and O–H groups in total. The molecule has 0 spiro atoms. The van der Waals surface area contributed by atoms with Crippen LogP contribution in [0.2, 0.25) is 0 Å². The van der Waals surface area contributed by atoms with E-state index in [2.05, 4.69) is 11.1 Å². The van der Waals surface area contributed by atoms with Gasteiger partial charge in [0.05, 0.1) is 36.1 Å². The first kappa shape index (κ1) is 20.1. The van der Waals surface area contributed by atoms with Crippen LogP contribution in [-0.4, -0.2) is 67.9 Å². The van der Waals surface area contributed by atoms with Gasteiger partial charge in [-0.05, 0) is 19.4 Å². The maximum atomic E-state index is 12.4. The number of carbonyl (C=O) groups excluding carboxylic acids is 1. The van der Waals surface area contributed by atoms with Crippen LogP contribution in [0.5, 0.6) is 0 Å². The lowest BCUT2D eigenvalue weighted by Crippen LogP contribution is -2.63. The number of carboxylic acid groups (broad SMARTS) is 1. The summed E-state index contributed by atoms with van der Waals surface area (Å²) in [5.41, 5.74) is 1.89. The van der Waals surface area contributed by atoms with Gasteiger partial charge in [-0.1, -0.05) is 24.8 Å². The summed E-state index contributed by atoms with van der Waals surface area (Å²) in [5, 5.41) is 29.1. The van der Waals surface area contributed by atoms with E-state index in [0.29, 0.717) is 15.8 Å². The van der Waals surface area contributed by atoms with Crippen molar-refractivity contribution >= 4 is 46.9 Å². The Hall–Kier alpha value is -2.17. The molecule has 1 unspecified atom stereocenters. The number of nitrogens with one attached hydrogen (secondary N) is 1. The number of fused-ring (bicyclic) bond motifs is 1. The van der Waals surface area contributed by atoms with Crippen LogP contribution < -0.4 is 0 Å². The van der Waals surface area contributed by atoms with E-state index >= 15 is 0 Å². The smallest absolute Gasteiger partial charge is 0.353 e. The Bertz CT molecular complexity index is 954. The molecule has 1 amide bonds. The van der Waals surface area contributed by atoms with Gasteiger partial charge in [-0.2, -0.15) is 0 Å². The average molecular weight is 435 g/mol. The second-order valence-electron chi connectivity index (χ2n) is 7.53. The Morgan fingerprint density at radius 1 is 1.48 bits per heavy atom. The molecule has 4 heterocycles. The summed E-state index contributed by atoms with van der Waals surface area (Å²) < 4.78 is 0.713. The Morgan fingerprint density at radius 2 is 2.21 bits per heavy atom. The van der Waals surface area contributed by atoms with E-state index in [1.165, 1.54) is 34.3 Å². The van der Waals surface area contributed by atoms with E-state index in [1.54, 1.807) is 6.92 Å². The van der Waals surface area contributed by atoms with Crippen molar-refractivity contribution < 1.29 is 19.8 Å². The van der Waals surface area contributed by atoms with Crippen LogP contribution in [0.4, 0.5) is 0 Å². The van der Waals surface area contributed by atoms with E-state index in [9.17, 15) is 19.8 Å². The van der Waals surface area contributed by atoms with Crippen LogP contribution in [0.15, 0.2) is 26.4 Å². The molecule has 5 atom stereocenters. The van der Waals surface area contributed by atoms with Crippen molar-refractivity contribution in [2.75, 3.05) is 6.54 Å². The van der Waals surface area contributed by atoms with Gasteiger partial charge in [0, 0.05) is 22.7 Å². The van der Waals surface area contributed by atoms with E-state index in [0.717, 1.165) is 11.3 Å². The molecule has 0 aromatic carbocycles. The zero-order valence-electron chi connectivity index (χ0n) is 16.2. The van der Waals surface area contributed by atoms with E-state index in [4.69, 9.17) is 5.41 Å². The maximum Gasteiger partial charge on any atom is 0.353 e. The fraction of sp³-hybridized carbons (Fsp3) is 0.474. The van der Waals surface area contributed by atoms with Crippen LogP contribution >= 0.6 is 23.1 Å². The summed E-state index contributed by atoms with van der Waals surface area (Å²) in [6.45, 7) is 6.16. The molecule has 3 aliphatic rings. The molecule has 1 aromatic rings. The predicted octanol–water partition coefficient (Wildman–Crippen LogP) is 2.08. The van der Waals surface area contributed by atoms with Crippen molar-refractivity contribution in [2.24, 2.45) is 11.8 Å². The van der Waals surface area contributed by atoms with Gasteiger partial charge < -0.3 is 20.0 Å². The highest BCUT2D eigenvalue weighted by Crippen LogP contribution is 2.52. The van der Waals surface area contributed by atoms with E-state index in [1.807, 2.05) is 24.1 Å². The quantitative estimate of drug-likeness (QED) is 0.356. The zero-order valence-corrected chi connectivity index (χ0v) is 17.8. The van der Waals surface area contributed by atoms with E-state index < -0.39 is 18.0 Å². The largest absolute Gasteiger partial charge is 0.477 e. The molecular weight excluding hydrogens is 412 g/mol. The van der Waals surface area contributed by atoms with Crippen LogP contribution in [-0.2, 0) is 9.59 Å². The van der Waals surface area contributed by atoms with Crippen LogP contribution in [0.1, 0.15) is 26.5 Å². The molecule has 8 nitrogen and oxygen atoms in total. The minimum Gasteiger partial charge on any atom is -0.477 e. The first-order chi connectivity index (χ1) is 13.8. The van der Waals surface area contributed by atoms with E-state index in [-0.39, 0.29) is 29.6 Å². The summed E-state index contributed by atoms with van der Waals surface area (Å²) in [6, 6.07) is -0.257. The highest BCUT2D eigenvalue weighted by molar-refractivity contribution is 8.04. The predicted molar refractivity (Wildman–Crippen MR) is 111 cm³/mol. The normalized spacial score (nSPS) is 29.7. The molecule has 4 rings (SSSR count). The third-order valence-corrected chi connectivity index (χ3v) is 8.15. The van der Waals surface area contributed by atoms with Gasteiger partial charge in [0.25, 0.3) is 0 Å². The molecule has 1 saturated heterocycles. The third kappa shape index (κ3) is 3.01. The molecule has 10 heteroatoms. The Balaban J connectivity index is 1.60. The number of carbonyl (C=O) groups is 2. The van der Waals surface area contributed by atoms with Crippen molar-refractivity contribution in [3.8, 4) is 0 Å². The van der Waals surface area contributed by atoms with Gasteiger partial charge in [-0.25, -0.2) is 9.78 Å².